The first-order chi connectivity index (χ1) is 9.25. The van der Waals surface area contributed by atoms with Crippen LogP contribution in [-0.4, -0.2) is 36.1 Å². The Hall–Kier alpha value is -1.81. The van der Waals surface area contributed by atoms with Gasteiger partial charge in [-0.05, 0) is 26.0 Å². The van der Waals surface area contributed by atoms with E-state index in [1.165, 1.54) is 12.8 Å². The normalized spacial score (nSPS) is 15.1. The van der Waals surface area contributed by atoms with Gasteiger partial charge in [-0.15, -0.1) is 0 Å². The highest BCUT2D eigenvalue weighted by atomic mass is 15.2. The van der Waals surface area contributed by atoms with Crippen LogP contribution < -0.4 is 11.1 Å². The first-order valence-electron chi connectivity index (χ1n) is 6.83. The molecule has 2 aromatic rings. The predicted molar refractivity (Wildman–Crippen MR) is 80.3 cm³/mol. The minimum absolute atomic E-state index is 0.716. The van der Waals surface area contributed by atoms with E-state index in [4.69, 9.17) is 5.73 Å². The summed E-state index contributed by atoms with van der Waals surface area (Å²) in [6.07, 6.45) is 4.42. The molecule has 0 amide bonds. The number of fused-ring (bicyclic) bond motifs is 1. The Bertz CT molecular complexity index is 577. The van der Waals surface area contributed by atoms with Crippen LogP contribution in [0.2, 0.25) is 0 Å². The van der Waals surface area contributed by atoms with Crippen LogP contribution in [-0.2, 0) is 0 Å². The average Bonchev–Trinajstić information content (AvgIpc) is 3.25. The molecule has 1 aromatic heterocycles. The van der Waals surface area contributed by atoms with Crippen LogP contribution in [0.3, 0.4) is 0 Å². The molecule has 0 unspecified atom stereocenters. The van der Waals surface area contributed by atoms with Gasteiger partial charge >= 0.3 is 0 Å². The topological polar surface area (TPSA) is 54.2 Å². The van der Waals surface area contributed by atoms with Crippen LogP contribution >= 0.6 is 0 Å². The minimum atomic E-state index is 0.716. The van der Waals surface area contributed by atoms with Gasteiger partial charge in [0.15, 0.2) is 0 Å². The number of pyridine rings is 1. The lowest BCUT2D eigenvalue weighted by molar-refractivity contribution is 0.337. The van der Waals surface area contributed by atoms with Crippen molar-refractivity contribution in [1.82, 2.24) is 9.88 Å². The molecule has 0 bridgehead atoms. The van der Waals surface area contributed by atoms with Crippen LogP contribution in [0.25, 0.3) is 10.9 Å². The fraction of sp³-hybridized carbons (Fsp3) is 0.400. The zero-order valence-corrected chi connectivity index (χ0v) is 11.3. The lowest BCUT2D eigenvalue weighted by atomic mass is 10.1. The third-order valence-corrected chi connectivity index (χ3v) is 3.74. The highest BCUT2D eigenvalue weighted by Gasteiger charge is 2.25. The van der Waals surface area contributed by atoms with E-state index < -0.39 is 0 Å². The zero-order valence-electron chi connectivity index (χ0n) is 11.3. The maximum atomic E-state index is 6.04. The van der Waals surface area contributed by atoms with Gasteiger partial charge in [0.05, 0.1) is 23.1 Å². The van der Waals surface area contributed by atoms with Crippen molar-refractivity contribution in [3.05, 3.63) is 30.5 Å². The molecular weight excluding hydrogens is 236 g/mol. The van der Waals surface area contributed by atoms with Gasteiger partial charge in [-0.3, -0.25) is 4.98 Å². The summed E-state index contributed by atoms with van der Waals surface area (Å²) in [6.45, 7) is 1.95. The molecule has 0 saturated heterocycles. The lowest BCUT2D eigenvalue weighted by Gasteiger charge is -2.17. The van der Waals surface area contributed by atoms with Gasteiger partial charge in [0.1, 0.15) is 0 Å². The molecular formula is C15H20N4. The molecule has 0 aliphatic heterocycles. The van der Waals surface area contributed by atoms with Gasteiger partial charge in [-0.25, -0.2) is 0 Å². The second-order valence-corrected chi connectivity index (χ2v) is 5.24. The number of nitrogens with one attached hydrogen (secondary N) is 1. The SMILES string of the molecule is CN(CCNc1c(N)cnc2ccccc12)C1CC1. The number of aromatic nitrogens is 1. The number of likely N-dealkylation sites (N-methyl/N-ethyl adjacent to an activating group) is 1. The maximum absolute atomic E-state index is 6.04. The molecule has 3 rings (SSSR count). The molecule has 3 N–H and O–H groups in total. The van der Waals surface area contributed by atoms with E-state index in [2.05, 4.69) is 28.3 Å². The van der Waals surface area contributed by atoms with E-state index in [1.54, 1.807) is 6.20 Å². The third-order valence-electron chi connectivity index (χ3n) is 3.74. The quantitative estimate of drug-likeness (QED) is 0.862. The number of para-hydroxylation sites is 1. The number of anilines is 2. The molecule has 1 heterocycles. The molecule has 0 radical (unpaired) electrons. The van der Waals surface area contributed by atoms with E-state index in [0.29, 0.717) is 5.69 Å². The summed E-state index contributed by atoms with van der Waals surface area (Å²) >= 11 is 0. The van der Waals surface area contributed by atoms with Crippen molar-refractivity contribution in [2.45, 2.75) is 18.9 Å². The first-order valence-corrected chi connectivity index (χ1v) is 6.83. The summed E-state index contributed by atoms with van der Waals surface area (Å²) in [5.41, 5.74) is 8.74. The molecule has 19 heavy (non-hydrogen) atoms. The van der Waals surface area contributed by atoms with Crippen molar-refractivity contribution < 1.29 is 0 Å². The summed E-state index contributed by atoms with van der Waals surface area (Å²) in [6, 6.07) is 8.89. The molecule has 1 aliphatic rings. The lowest BCUT2D eigenvalue weighted by Crippen LogP contribution is -2.27. The van der Waals surface area contributed by atoms with Crippen LogP contribution in [0.15, 0.2) is 30.5 Å². The van der Waals surface area contributed by atoms with Crippen LogP contribution in [0, 0.1) is 0 Å². The van der Waals surface area contributed by atoms with Crippen molar-refractivity contribution in [3.8, 4) is 0 Å². The second kappa shape index (κ2) is 5.05. The van der Waals surface area contributed by atoms with Crippen LogP contribution in [0.4, 0.5) is 11.4 Å². The molecule has 0 atom stereocenters. The van der Waals surface area contributed by atoms with Crippen LogP contribution in [0.1, 0.15) is 12.8 Å². The minimum Gasteiger partial charge on any atom is -0.396 e. The Labute approximate surface area is 113 Å². The Morgan fingerprint density at radius 2 is 2.16 bits per heavy atom. The molecule has 4 nitrogen and oxygen atoms in total. The number of nitrogen functional groups attached to an aromatic ring is 1. The van der Waals surface area contributed by atoms with Crippen LogP contribution in [0.5, 0.6) is 0 Å². The number of nitrogens with zero attached hydrogens (tertiary/aromatic N) is 2. The summed E-state index contributed by atoms with van der Waals surface area (Å²) in [5.74, 6) is 0. The Morgan fingerprint density at radius 3 is 2.95 bits per heavy atom. The molecule has 1 fully saturated rings. The fourth-order valence-electron chi connectivity index (χ4n) is 2.41. The molecule has 1 aromatic carbocycles. The number of hydrogen-bond acceptors (Lipinski definition) is 4. The van der Waals surface area contributed by atoms with E-state index in [0.717, 1.165) is 35.7 Å². The summed E-state index contributed by atoms with van der Waals surface area (Å²) in [5, 5.41) is 4.56. The summed E-state index contributed by atoms with van der Waals surface area (Å²) in [7, 11) is 2.19. The number of benzene rings is 1. The Kier molecular flexibility index (Phi) is 3.25. The second-order valence-electron chi connectivity index (χ2n) is 5.24. The van der Waals surface area contributed by atoms with Gasteiger partial charge in [-0.2, -0.15) is 0 Å². The highest BCUT2D eigenvalue weighted by Crippen LogP contribution is 2.28. The molecule has 1 aliphatic carbocycles. The molecule has 0 spiro atoms. The summed E-state index contributed by atoms with van der Waals surface area (Å²) in [4.78, 5) is 6.76. The zero-order chi connectivity index (χ0) is 13.2. The van der Waals surface area contributed by atoms with E-state index in [1.807, 2.05) is 18.2 Å². The molecule has 100 valence electrons. The maximum Gasteiger partial charge on any atom is 0.0743 e. The average molecular weight is 256 g/mol. The monoisotopic (exact) mass is 256 g/mol. The van der Waals surface area contributed by atoms with Crippen molar-refractivity contribution in [3.63, 3.8) is 0 Å². The predicted octanol–water partition coefficient (Wildman–Crippen LogP) is 2.32. The smallest absolute Gasteiger partial charge is 0.0743 e. The van der Waals surface area contributed by atoms with Gasteiger partial charge in [0.25, 0.3) is 0 Å². The van der Waals surface area contributed by atoms with E-state index in [-0.39, 0.29) is 0 Å². The first kappa shape index (κ1) is 12.2. The Balaban J connectivity index is 1.74. The van der Waals surface area contributed by atoms with E-state index >= 15 is 0 Å². The largest absolute Gasteiger partial charge is 0.396 e. The van der Waals surface area contributed by atoms with Gasteiger partial charge < -0.3 is 16.0 Å². The van der Waals surface area contributed by atoms with Crippen molar-refractivity contribution in [1.29, 1.82) is 0 Å². The number of nitrogens with two attached hydrogens (primary N) is 1. The summed E-state index contributed by atoms with van der Waals surface area (Å²) < 4.78 is 0. The van der Waals surface area contributed by atoms with E-state index in [9.17, 15) is 0 Å². The fourth-order valence-corrected chi connectivity index (χ4v) is 2.41. The van der Waals surface area contributed by atoms with Crippen molar-refractivity contribution >= 4 is 22.3 Å². The van der Waals surface area contributed by atoms with Gasteiger partial charge in [0.2, 0.25) is 0 Å². The Morgan fingerprint density at radius 1 is 1.37 bits per heavy atom. The third kappa shape index (κ3) is 2.63. The van der Waals surface area contributed by atoms with Gasteiger partial charge in [-0.1, -0.05) is 18.2 Å². The number of rotatable bonds is 5. The molecule has 4 heteroatoms. The highest BCUT2D eigenvalue weighted by molar-refractivity contribution is 5.96. The van der Waals surface area contributed by atoms with Crippen molar-refractivity contribution in [2.75, 3.05) is 31.2 Å². The standard InChI is InChI=1S/C15H20N4/c1-19(11-6-7-11)9-8-17-15-12-4-2-3-5-14(12)18-10-13(15)16/h2-5,10-11H,6-9,16H2,1H3,(H,17,18). The number of hydrogen-bond donors (Lipinski definition) is 2. The molecule has 1 saturated carbocycles. The van der Waals surface area contributed by atoms with Crippen molar-refractivity contribution in [2.24, 2.45) is 0 Å². The van der Waals surface area contributed by atoms with Gasteiger partial charge in [0, 0.05) is 24.5 Å².